The van der Waals surface area contributed by atoms with Gasteiger partial charge in [0.05, 0.1) is 6.26 Å². The van der Waals surface area contributed by atoms with Crippen LogP contribution in [0.5, 0.6) is 0 Å². The van der Waals surface area contributed by atoms with Crippen molar-refractivity contribution in [1.82, 2.24) is 9.97 Å². The van der Waals surface area contributed by atoms with E-state index in [4.69, 9.17) is 27.6 Å². The molecular formula is C9H5Cl2FN2O. The van der Waals surface area contributed by atoms with E-state index in [0.29, 0.717) is 5.76 Å². The first kappa shape index (κ1) is 10.4. The average molecular weight is 247 g/mol. The molecule has 2 heterocycles. The summed E-state index contributed by atoms with van der Waals surface area (Å²) in [7, 11) is 0. The molecule has 0 saturated heterocycles. The lowest BCUT2D eigenvalue weighted by molar-refractivity contribution is 0.572. The molecule has 0 aromatic carbocycles. The van der Waals surface area contributed by atoms with Crippen LogP contribution < -0.4 is 0 Å². The van der Waals surface area contributed by atoms with Crippen molar-refractivity contribution in [2.45, 2.75) is 6.92 Å². The predicted molar refractivity (Wildman–Crippen MR) is 54.4 cm³/mol. The van der Waals surface area contributed by atoms with Crippen molar-refractivity contribution in [3.8, 4) is 11.6 Å². The van der Waals surface area contributed by atoms with Crippen LogP contribution in [0.4, 0.5) is 4.39 Å². The molecule has 0 bridgehead atoms. The van der Waals surface area contributed by atoms with Gasteiger partial charge in [0.2, 0.25) is 0 Å². The van der Waals surface area contributed by atoms with Gasteiger partial charge in [-0.15, -0.1) is 0 Å². The van der Waals surface area contributed by atoms with Crippen LogP contribution in [0.1, 0.15) is 5.56 Å². The minimum Gasteiger partial charge on any atom is -0.461 e. The number of halogens is 3. The SMILES string of the molecule is Cc1ccoc1-c1nc(Cl)c(F)c(Cl)n1. The van der Waals surface area contributed by atoms with E-state index in [1.807, 2.05) is 6.92 Å². The molecule has 0 unspecified atom stereocenters. The Morgan fingerprint density at radius 2 is 1.87 bits per heavy atom. The second-order valence-electron chi connectivity index (χ2n) is 2.88. The van der Waals surface area contributed by atoms with Crippen molar-refractivity contribution in [2.24, 2.45) is 0 Å². The maximum Gasteiger partial charge on any atom is 0.198 e. The Kier molecular flexibility index (Phi) is 2.63. The van der Waals surface area contributed by atoms with Gasteiger partial charge in [0, 0.05) is 0 Å². The minimum absolute atomic E-state index is 0.175. The summed E-state index contributed by atoms with van der Waals surface area (Å²) in [6.45, 7) is 1.81. The van der Waals surface area contributed by atoms with Gasteiger partial charge < -0.3 is 4.42 Å². The molecule has 0 spiro atoms. The summed E-state index contributed by atoms with van der Waals surface area (Å²) in [5.74, 6) is -0.223. The third-order valence-electron chi connectivity index (χ3n) is 1.84. The maximum absolute atomic E-state index is 13.0. The molecule has 2 rings (SSSR count). The highest BCUT2D eigenvalue weighted by atomic mass is 35.5. The molecule has 0 saturated carbocycles. The van der Waals surface area contributed by atoms with Crippen LogP contribution in [0.2, 0.25) is 10.3 Å². The molecule has 0 aliphatic heterocycles. The van der Waals surface area contributed by atoms with Crippen LogP contribution >= 0.6 is 23.2 Å². The van der Waals surface area contributed by atoms with E-state index in [0.717, 1.165) is 5.56 Å². The summed E-state index contributed by atoms with van der Waals surface area (Å²) in [4.78, 5) is 7.48. The van der Waals surface area contributed by atoms with Gasteiger partial charge in [0.25, 0.3) is 0 Å². The zero-order valence-corrected chi connectivity index (χ0v) is 9.10. The molecule has 0 N–H and O–H groups in total. The van der Waals surface area contributed by atoms with Crippen LogP contribution in [-0.2, 0) is 0 Å². The monoisotopic (exact) mass is 246 g/mol. The highest BCUT2D eigenvalue weighted by molar-refractivity contribution is 6.33. The number of aryl methyl sites for hydroxylation is 1. The minimum atomic E-state index is -0.828. The topological polar surface area (TPSA) is 38.9 Å². The largest absolute Gasteiger partial charge is 0.461 e. The normalized spacial score (nSPS) is 10.7. The van der Waals surface area contributed by atoms with Crippen LogP contribution in [0.25, 0.3) is 11.6 Å². The van der Waals surface area contributed by atoms with Gasteiger partial charge in [0.15, 0.2) is 27.7 Å². The number of hydrogen-bond donors (Lipinski definition) is 0. The van der Waals surface area contributed by atoms with Crippen LogP contribution in [0.15, 0.2) is 16.7 Å². The van der Waals surface area contributed by atoms with Crippen molar-refractivity contribution in [2.75, 3.05) is 0 Å². The second kappa shape index (κ2) is 3.79. The summed E-state index contributed by atoms with van der Waals surface area (Å²) in [5, 5.41) is -0.637. The molecule has 78 valence electrons. The summed E-state index contributed by atoms with van der Waals surface area (Å²) in [5.41, 5.74) is 0.828. The lowest BCUT2D eigenvalue weighted by atomic mass is 10.3. The van der Waals surface area contributed by atoms with Gasteiger partial charge >= 0.3 is 0 Å². The van der Waals surface area contributed by atoms with Gasteiger partial charge in [-0.2, -0.15) is 0 Å². The Balaban J connectivity index is 2.60. The fraction of sp³-hybridized carbons (Fsp3) is 0.111. The van der Waals surface area contributed by atoms with Gasteiger partial charge in [0.1, 0.15) is 0 Å². The third-order valence-corrected chi connectivity index (χ3v) is 2.34. The molecule has 2 aromatic heterocycles. The van der Waals surface area contributed by atoms with Crippen molar-refractivity contribution in [3.05, 3.63) is 34.0 Å². The Labute approximate surface area is 94.9 Å². The van der Waals surface area contributed by atoms with Gasteiger partial charge in [-0.05, 0) is 18.6 Å². The number of rotatable bonds is 1. The van der Waals surface area contributed by atoms with E-state index in [1.54, 1.807) is 6.07 Å². The molecule has 0 amide bonds. The van der Waals surface area contributed by atoms with Crippen molar-refractivity contribution in [1.29, 1.82) is 0 Å². The zero-order chi connectivity index (χ0) is 11.0. The molecule has 0 aliphatic carbocycles. The van der Waals surface area contributed by atoms with Crippen molar-refractivity contribution >= 4 is 23.2 Å². The molecule has 3 nitrogen and oxygen atoms in total. The molecule has 0 radical (unpaired) electrons. The lowest BCUT2D eigenvalue weighted by Gasteiger charge is -2.00. The third kappa shape index (κ3) is 1.82. The average Bonchev–Trinajstić information content (AvgIpc) is 2.60. The zero-order valence-electron chi connectivity index (χ0n) is 7.59. The van der Waals surface area contributed by atoms with E-state index >= 15 is 0 Å². The molecule has 6 heteroatoms. The summed E-state index contributed by atoms with van der Waals surface area (Å²) in [6, 6.07) is 1.74. The van der Waals surface area contributed by atoms with E-state index in [2.05, 4.69) is 9.97 Å². The van der Waals surface area contributed by atoms with E-state index in [-0.39, 0.29) is 16.1 Å². The van der Waals surface area contributed by atoms with Crippen LogP contribution in [-0.4, -0.2) is 9.97 Å². The van der Waals surface area contributed by atoms with E-state index < -0.39 is 5.82 Å². The number of hydrogen-bond acceptors (Lipinski definition) is 3. The van der Waals surface area contributed by atoms with E-state index in [9.17, 15) is 4.39 Å². The molecule has 0 atom stereocenters. The van der Waals surface area contributed by atoms with Gasteiger partial charge in [-0.25, -0.2) is 14.4 Å². The predicted octanol–water partition coefficient (Wildman–Crippen LogP) is 3.49. The first-order valence-electron chi connectivity index (χ1n) is 4.02. The van der Waals surface area contributed by atoms with Crippen molar-refractivity contribution < 1.29 is 8.81 Å². The highest BCUT2D eigenvalue weighted by Gasteiger charge is 2.15. The fourth-order valence-corrected chi connectivity index (χ4v) is 1.49. The Hall–Kier alpha value is -1.13. The lowest BCUT2D eigenvalue weighted by Crippen LogP contribution is -1.94. The fourth-order valence-electron chi connectivity index (χ4n) is 1.10. The molecule has 0 fully saturated rings. The standard InChI is InChI=1S/C9H5Cl2FN2O/c1-4-2-3-15-6(4)9-13-7(10)5(12)8(11)14-9/h2-3H,1H3. The van der Waals surface area contributed by atoms with Crippen LogP contribution in [0, 0.1) is 12.7 Å². The van der Waals surface area contributed by atoms with Gasteiger partial charge in [-0.1, -0.05) is 23.2 Å². The number of furan rings is 1. The summed E-state index contributed by atoms with van der Waals surface area (Å²) < 4.78 is 18.2. The smallest absolute Gasteiger partial charge is 0.198 e. The van der Waals surface area contributed by atoms with Gasteiger partial charge in [-0.3, -0.25) is 0 Å². The second-order valence-corrected chi connectivity index (χ2v) is 3.59. The van der Waals surface area contributed by atoms with Crippen LogP contribution in [0.3, 0.4) is 0 Å². The molecule has 0 aliphatic rings. The number of nitrogens with zero attached hydrogens (tertiary/aromatic N) is 2. The highest BCUT2D eigenvalue weighted by Crippen LogP contribution is 2.26. The Bertz CT molecular complexity index is 490. The number of aromatic nitrogens is 2. The van der Waals surface area contributed by atoms with E-state index in [1.165, 1.54) is 6.26 Å². The Morgan fingerprint density at radius 1 is 1.27 bits per heavy atom. The molecule has 15 heavy (non-hydrogen) atoms. The first-order chi connectivity index (χ1) is 7.09. The van der Waals surface area contributed by atoms with Crippen molar-refractivity contribution in [3.63, 3.8) is 0 Å². The quantitative estimate of drug-likeness (QED) is 0.724. The molecular weight excluding hydrogens is 242 g/mol. The Morgan fingerprint density at radius 3 is 2.33 bits per heavy atom. The maximum atomic E-state index is 13.0. The first-order valence-corrected chi connectivity index (χ1v) is 4.78. The summed E-state index contributed by atoms with van der Waals surface area (Å²) in [6.07, 6.45) is 1.49. The molecule has 2 aromatic rings. The summed E-state index contributed by atoms with van der Waals surface area (Å²) >= 11 is 11.1.